The van der Waals surface area contributed by atoms with Crippen molar-refractivity contribution >= 4 is 5.91 Å². The van der Waals surface area contributed by atoms with Crippen molar-refractivity contribution in [1.29, 1.82) is 0 Å². The molecule has 2 N–H and O–H groups in total. The van der Waals surface area contributed by atoms with Gasteiger partial charge in [0.05, 0.1) is 13.2 Å². The van der Waals surface area contributed by atoms with Gasteiger partial charge in [0.25, 0.3) is 0 Å². The van der Waals surface area contributed by atoms with Gasteiger partial charge in [-0.05, 0) is 25.8 Å². The van der Waals surface area contributed by atoms with Crippen molar-refractivity contribution in [2.45, 2.75) is 25.3 Å². The first kappa shape index (κ1) is 14.4. The van der Waals surface area contributed by atoms with E-state index >= 15 is 0 Å². The van der Waals surface area contributed by atoms with Crippen LogP contribution >= 0.6 is 0 Å². The molecule has 1 aliphatic rings. The summed E-state index contributed by atoms with van der Waals surface area (Å²) in [4.78, 5) is 16.0. The number of nitrogens with two attached hydrogens (primary N) is 1. The third-order valence-corrected chi connectivity index (χ3v) is 3.11. The Labute approximate surface area is 104 Å². The highest BCUT2D eigenvalue weighted by Gasteiger charge is 2.30. The molecule has 0 saturated heterocycles. The Kier molecular flexibility index (Phi) is 6.47. The smallest absolute Gasteiger partial charge is 0.236 e. The number of amides is 1. The zero-order valence-corrected chi connectivity index (χ0v) is 11.0. The number of carbonyl (C=O) groups excluding carboxylic acids is 1. The lowest BCUT2D eigenvalue weighted by Crippen LogP contribution is -2.41. The Morgan fingerprint density at radius 3 is 2.65 bits per heavy atom. The van der Waals surface area contributed by atoms with Crippen LogP contribution in [0.4, 0.5) is 0 Å². The average Bonchev–Trinajstić information content (AvgIpc) is 3.15. The van der Waals surface area contributed by atoms with E-state index in [9.17, 15) is 4.79 Å². The minimum atomic E-state index is 0.182. The van der Waals surface area contributed by atoms with Crippen LogP contribution < -0.4 is 5.73 Å². The third-order valence-electron chi connectivity index (χ3n) is 3.11. The van der Waals surface area contributed by atoms with E-state index in [0.29, 0.717) is 25.7 Å². The van der Waals surface area contributed by atoms with Crippen molar-refractivity contribution in [3.63, 3.8) is 0 Å². The Balaban J connectivity index is 2.29. The van der Waals surface area contributed by atoms with Gasteiger partial charge in [-0.25, -0.2) is 0 Å². The molecule has 5 nitrogen and oxygen atoms in total. The minimum absolute atomic E-state index is 0.182. The Morgan fingerprint density at radius 1 is 1.41 bits per heavy atom. The average molecular weight is 243 g/mol. The van der Waals surface area contributed by atoms with Crippen LogP contribution in [0.5, 0.6) is 0 Å². The highest BCUT2D eigenvalue weighted by molar-refractivity contribution is 5.78. The second-order valence-corrected chi connectivity index (χ2v) is 4.65. The molecule has 0 bridgehead atoms. The lowest BCUT2D eigenvalue weighted by atomic mass is 10.3. The van der Waals surface area contributed by atoms with Gasteiger partial charge in [-0.15, -0.1) is 0 Å². The fraction of sp³-hybridized carbons (Fsp3) is 0.917. The summed E-state index contributed by atoms with van der Waals surface area (Å²) in [6, 6.07) is 0.594. The summed E-state index contributed by atoms with van der Waals surface area (Å²) in [7, 11) is 3.54. The lowest BCUT2D eigenvalue weighted by Gasteiger charge is -2.24. The van der Waals surface area contributed by atoms with Gasteiger partial charge in [-0.2, -0.15) is 0 Å². The number of carbonyl (C=O) groups is 1. The summed E-state index contributed by atoms with van der Waals surface area (Å²) in [5, 5.41) is 0. The first-order chi connectivity index (χ1) is 8.19. The van der Waals surface area contributed by atoms with Crippen molar-refractivity contribution in [3.8, 4) is 0 Å². The molecule has 100 valence electrons. The van der Waals surface area contributed by atoms with Gasteiger partial charge in [0, 0.05) is 33.3 Å². The zero-order chi connectivity index (χ0) is 12.7. The quantitative estimate of drug-likeness (QED) is 0.614. The summed E-state index contributed by atoms with van der Waals surface area (Å²) in [5.74, 6) is 0.182. The molecule has 0 spiro atoms. The number of methoxy groups -OCH3 is 1. The van der Waals surface area contributed by atoms with Crippen LogP contribution in [0.2, 0.25) is 0 Å². The fourth-order valence-electron chi connectivity index (χ4n) is 1.79. The lowest BCUT2D eigenvalue weighted by molar-refractivity contribution is -0.131. The predicted molar refractivity (Wildman–Crippen MR) is 67.8 cm³/mol. The Morgan fingerprint density at radius 2 is 2.12 bits per heavy atom. The molecule has 5 heteroatoms. The topological polar surface area (TPSA) is 58.8 Å². The summed E-state index contributed by atoms with van der Waals surface area (Å²) in [6.45, 7) is 3.43. The van der Waals surface area contributed by atoms with E-state index in [-0.39, 0.29) is 5.91 Å². The Hall–Kier alpha value is -0.650. The number of rotatable bonds is 9. The van der Waals surface area contributed by atoms with Crippen LogP contribution in [0.3, 0.4) is 0 Å². The Bertz CT molecular complexity index is 232. The summed E-state index contributed by atoms with van der Waals surface area (Å²) < 4.78 is 5.07. The van der Waals surface area contributed by atoms with Gasteiger partial charge < -0.3 is 15.4 Å². The molecule has 0 unspecified atom stereocenters. The second-order valence-electron chi connectivity index (χ2n) is 4.65. The number of hydrogen-bond donors (Lipinski definition) is 1. The largest absolute Gasteiger partial charge is 0.383 e. The molecule has 0 heterocycles. The molecule has 1 amide bonds. The number of nitrogens with zero attached hydrogens (tertiary/aromatic N) is 2. The van der Waals surface area contributed by atoms with Crippen molar-refractivity contribution in [2.24, 2.45) is 5.73 Å². The van der Waals surface area contributed by atoms with Gasteiger partial charge >= 0.3 is 0 Å². The molecular weight excluding hydrogens is 218 g/mol. The molecule has 0 aromatic rings. The molecule has 1 rings (SSSR count). The molecule has 1 saturated carbocycles. The monoisotopic (exact) mass is 243 g/mol. The molecule has 0 aliphatic heterocycles. The maximum absolute atomic E-state index is 12.0. The molecule has 1 fully saturated rings. The van der Waals surface area contributed by atoms with Crippen molar-refractivity contribution in [2.75, 3.05) is 46.9 Å². The zero-order valence-electron chi connectivity index (χ0n) is 11.0. The van der Waals surface area contributed by atoms with Gasteiger partial charge in [-0.1, -0.05) is 0 Å². The van der Waals surface area contributed by atoms with E-state index in [1.165, 1.54) is 12.8 Å². The first-order valence-electron chi connectivity index (χ1n) is 6.36. The van der Waals surface area contributed by atoms with E-state index in [2.05, 4.69) is 4.90 Å². The molecule has 0 aromatic carbocycles. The van der Waals surface area contributed by atoms with Crippen molar-refractivity contribution in [1.82, 2.24) is 9.80 Å². The number of likely N-dealkylation sites (N-methyl/N-ethyl adjacent to an activating group) is 1. The van der Waals surface area contributed by atoms with Crippen LogP contribution in [0, 0.1) is 0 Å². The van der Waals surface area contributed by atoms with E-state index in [1.807, 2.05) is 7.05 Å². The van der Waals surface area contributed by atoms with Crippen LogP contribution in [0.15, 0.2) is 0 Å². The number of ether oxygens (including phenoxy) is 1. The van der Waals surface area contributed by atoms with E-state index < -0.39 is 0 Å². The highest BCUT2D eigenvalue weighted by atomic mass is 16.5. The molecule has 0 radical (unpaired) electrons. The van der Waals surface area contributed by atoms with Gasteiger partial charge in [-0.3, -0.25) is 9.69 Å². The van der Waals surface area contributed by atoms with E-state index in [1.54, 1.807) is 12.0 Å². The predicted octanol–water partition coefficient (Wildman–Crippen LogP) is -0.0956. The van der Waals surface area contributed by atoms with Crippen LogP contribution in [0.1, 0.15) is 19.3 Å². The van der Waals surface area contributed by atoms with Crippen LogP contribution in [-0.4, -0.2) is 68.7 Å². The van der Waals surface area contributed by atoms with Gasteiger partial charge in [0.1, 0.15) is 0 Å². The minimum Gasteiger partial charge on any atom is -0.383 e. The maximum atomic E-state index is 12.0. The summed E-state index contributed by atoms with van der Waals surface area (Å²) >= 11 is 0. The molecular formula is C12H25N3O2. The molecule has 1 aliphatic carbocycles. The summed E-state index contributed by atoms with van der Waals surface area (Å²) in [6.07, 6.45) is 3.29. The molecule has 17 heavy (non-hydrogen) atoms. The third kappa shape index (κ3) is 5.48. The van der Waals surface area contributed by atoms with E-state index in [4.69, 9.17) is 10.5 Å². The summed E-state index contributed by atoms with van der Waals surface area (Å²) in [5.41, 5.74) is 5.44. The van der Waals surface area contributed by atoms with Crippen molar-refractivity contribution in [3.05, 3.63) is 0 Å². The number of hydrogen-bond acceptors (Lipinski definition) is 4. The normalized spacial score (nSPS) is 15.3. The van der Waals surface area contributed by atoms with Crippen LogP contribution in [0.25, 0.3) is 0 Å². The second kappa shape index (κ2) is 7.63. The van der Waals surface area contributed by atoms with E-state index in [0.717, 1.165) is 19.5 Å². The van der Waals surface area contributed by atoms with Crippen molar-refractivity contribution < 1.29 is 9.53 Å². The first-order valence-corrected chi connectivity index (χ1v) is 6.36. The molecule has 0 aromatic heterocycles. The van der Waals surface area contributed by atoms with Crippen LogP contribution in [-0.2, 0) is 9.53 Å². The maximum Gasteiger partial charge on any atom is 0.236 e. The SMILES string of the molecule is COCCN(CC(=O)N(C)CCCN)C1CC1. The fourth-order valence-corrected chi connectivity index (χ4v) is 1.79. The van der Waals surface area contributed by atoms with Gasteiger partial charge in [0.2, 0.25) is 5.91 Å². The standard InChI is InChI=1S/C12H25N3O2/c1-14(7-3-6-13)12(16)10-15(8-9-17-2)11-4-5-11/h11H,3-10,13H2,1-2H3. The van der Waals surface area contributed by atoms with Gasteiger partial charge in [0.15, 0.2) is 0 Å². The highest BCUT2D eigenvalue weighted by Crippen LogP contribution is 2.26. The molecule has 0 atom stereocenters.